The molecular formula is C16H22FNO3S. The Labute approximate surface area is 131 Å². The second-order valence-corrected chi connectivity index (χ2v) is 8.17. The lowest BCUT2D eigenvalue weighted by molar-refractivity contribution is -0.119. The van der Waals surface area contributed by atoms with Gasteiger partial charge >= 0.3 is 0 Å². The fraction of sp³-hybridized carbons (Fsp3) is 0.562. The zero-order valence-electron chi connectivity index (χ0n) is 12.7. The summed E-state index contributed by atoms with van der Waals surface area (Å²) in [5.74, 6) is -1.07. The van der Waals surface area contributed by atoms with Gasteiger partial charge < -0.3 is 5.32 Å². The Morgan fingerprint density at radius 1 is 1.27 bits per heavy atom. The van der Waals surface area contributed by atoms with E-state index in [1.54, 1.807) is 12.1 Å². The third-order valence-corrected chi connectivity index (χ3v) is 5.79. The maximum absolute atomic E-state index is 13.1. The lowest BCUT2D eigenvalue weighted by atomic mass is 9.91. The van der Waals surface area contributed by atoms with Crippen LogP contribution in [0.25, 0.3) is 0 Å². The molecule has 1 aliphatic carbocycles. The maximum Gasteiger partial charge on any atom is 0.235 e. The molecule has 0 saturated heterocycles. The highest BCUT2D eigenvalue weighted by molar-refractivity contribution is 7.92. The van der Waals surface area contributed by atoms with Gasteiger partial charge in [-0.15, -0.1) is 0 Å². The van der Waals surface area contributed by atoms with Crippen molar-refractivity contribution in [3.8, 4) is 0 Å². The molecule has 1 fully saturated rings. The van der Waals surface area contributed by atoms with E-state index in [-0.39, 0.29) is 23.5 Å². The summed E-state index contributed by atoms with van der Waals surface area (Å²) in [6.45, 7) is 1.52. The summed E-state index contributed by atoms with van der Waals surface area (Å²) in [6, 6.07) is 5.81. The Balaban J connectivity index is 2.14. The van der Waals surface area contributed by atoms with Crippen LogP contribution in [0.15, 0.2) is 24.3 Å². The summed E-state index contributed by atoms with van der Waals surface area (Å²) in [5, 5.41) is 2.84. The molecule has 0 aliphatic heterocycles. The second kappa shape index (κ2) is 7.22. The molecule has 0 aromatic heterocycles. The quantitative estimate of drug-likeness (QED) is 0.873. The average molecular weight is 327 g/mol. The lowest BCUT2D eigenvalue weighted by Gasteiger charge is -2.25. The molecule has 1 aromatic rings. The van der Waals surface area contributed by atoms with Crippen molar-refractivity contribution >= 4 is 15.7 Å². The van der Waals surface area contributed by atoms with Gasteiger partial charge in [0.05, 0.1) is 6.04 Å². The molecule has 1 N–H and O–H groups in total. The predicted molar refractivity (Wildman–Crippen MR) is 83.6 cm³/mol. The van der Waals surface area contributed by atoms with E-state index < -0.39 is 21.5 Å². The number of hydrogen-bond acceptors (Lipinski definition) is 3. The molecule has 22 heavy (non-hydrogen) atoms. The summed E-state index contributed by atoms with van der Waals surface area (Å²) in [5.41, 5.74) is 0.829. The molecule has 1 saturated carbocycles. The van der Waals surface area contributed by atoms with Crippen molar-refractivity contribution in [1.29, 1.82) is 0 Å². The maximum atomic E-state index is 13.1. The normalized spacial score (nSPS) is 17.4. The van der Waals surface area contributed by atoms with Crippen LogP contribution in [0, 0.1) is 11.7 Å². The number of amides is 1. The van der Waals surface area contributed by atoms with Crippen molar-refractivity contribution in [2.75, 3.05) is 11.5 Å². The van der Waals surface area contributed by atoms with E-state index in [9.17, 15) is 17.6 Å². The van der Waals surface area contributed by atoms with Crippen molar-refractivity contribution in [1.82, 2.24) is 5.32 Å². The smallest absolute Gasteiger partial charge is 0.235 e. The molecule has 0 radical (unpaired) electrons. The Morgan fingerprint density at radius 2 is 1.86 bits per heavy atom. The van der Waals surface area contributed by atoms with Gasteiger partial charge in [-0.25, -0.2) is 12.8 Å². The third-order valence-electron chi connectivity index (χ3n) is 4.21. The highest BCUT2D eigenvalue weighted by Crippen LogP contribution is 2.35. The van der Waals surface area contributed by atoms with Gasteiger partial charge in [-0.05, 0) is 36.5 Å². The van der Waals surface area contributed by atoms with Crippen molar-refractivity contribution in [2.45, 2.75) is 38.6 Å². The number of rotatable bonds is 6. The summed E-state index contributed by atoms with van der Waals surface area (Å²) in [4.78, 5) is 12.1. The third kappa shape index (κ3) is 4.53. The van der Waals surface area contributed by atoms with E-state index in [2.05, 4.69) is 5.32 Å². The van der Waals surface area contributed by atoms with Crippen LogP contribution in [0.2, 0.25) is 0 Å². The molecule has 4 nitrogen and oxygen atoms in total. The number of halogens is 1. The fourth-order valence-corrected chi connectivity index (χ4v) is 3.64. The molecule has 0 spiro atoms. The first-order chi connectivity index (χ1) is 10.4. The SMILES string of the molecule is CCS(=O)(=O)CC(=O)N[C@H](c1ccc(F)cc1)C1CCCC1. The number of sulfone groups is 1. The monoisotopic (exact) mass is 327 g/mol. The molecule has 0 unspecified atom stereocenters. The van der Waals surface area contributed by atoms with E-state index in [4.69, 9.17) is 0 Å². The van der Waals surface area contributed by atoms with Crippen LogP contribution in [-0.2, 0) is 14.6 Å². The second-order valence-electron chi connectivity index (χ2n) is 5.82. The highest BCUT2D eigenvalue weighted by Gasteiger charge is 2.28. The van der Waals surface area contributed by atoms with Gasteiger partial charge in [0.25, 0.3) is 0 Å². The molecule has 1 aliphatic rings. The van der Waals surface area contributed by atoms with Gasteiger partial charge in [0.2, 0.25) is 5.91 Å². The minimum atomic E-state index is -3.35. The molecule has 122 valence electrons. The summed E-state index contributed by atoms with van der Waals surface area (Å²) >= 11 is 0. The van der Waals surface area contributed by atoms with Gasteiger partial charge in [0.1, 0.15) is 11.6 Å². The zero-order chi connectivity index (χ0) is 16.2. The van der Waals surface area contributed by atoms with Crippen molar-refractivity contribution in [3.05, 3.63) is 35.6 Å². The number of carbonyl (C=O) groups is 1. The predicted octanol–water partition coefficient (Wildman–Crippen LogP) is 2.61. The molecule has 1 amide bonds. The molecule has 1 aromatic carbocycles. The first-order valence-electron chi connectivity index (χ1n) is 7.66. The van der Waals surface area contributed by atoms with Gasteiger partial charge in [0, 0.05) is 5.75 Å². The summed E-state index contributed by atoms with van der Waals surface area (Å²) in [7, 11) is -3.35. The topological polar surface area (TPSA) is 63.2 Å². The molecule has 6 heteroatoms. The van der Waals surface area contributed by atoms with Gasteiger partial charge in [-0.2, -0.15) is 0 Å². The summed E-state index contributed by atoms with van der Waals surface area (Å²) < 4.78 is 36.3. The lowest BCUT2D eigenvalue weighted by Crippen LogP contribution is -2.37. The van der Waals surface area contributed by atoms with Crippen molar-refractivity contribution in [3.63, 3.8) is 0 Å². The van der Waals surface area contributed by atoms with Crippen LogP contribution in [0.3, 0.4) is 0 Å². The fourth-order valence-electron chi connectivity index (χ4n) is 2.95. The average Bonchev–Trinajstić information content (AvgIpc) is 2.99. The van der Waals surface area contributed by atoms with Crippen LogP contribution < -0.4 is 5.32 Å². The van der Waals surface area contributed by atoms with Crippen LogP contribution in [0.5, 0.6) is 0 Å². The van der Waals surface area contributed by atoms with E-state index in [1.807, 2.05) is 0 Å². The van der Waals surface area contributed by atoms with Gasteiger partial charge in [-0.3, -0.25) is 4.79 Å². The number of nitrogens with one attached hydrogen (secondary N) is 1. The van der Waals surface area contributed by atoms with Crippen molar-refractivity contribution in [2.24, 2.45) is 5.92 Å². The molecule has 1 atom stereocenters. The minimum Gasteiger partial charge on any atom is -0.348 e. The van der Waals surface area contributed by atoms with Crippen molar-refractivity contribution < 1.29 is 17.6 Å². The Kier molecular flexibility index (Phi) is 5.56. The molecular weight excluding hydrogens is 305 g/mol. The molecule has 2 rings (SSSR count). The number of carbonyl (C=O) groups excluding carboxylic acids is 1. The van der Waals surface area contributed by atoms with E-state index in [1.165, 1.54) is 19.1 Å². The van der Waals surface area contributed by atoms with Crippen LogP contribution >= 0.6 is 0 Å². The number of hydrogen-bond donors (Lipinski definition) is 1. The Bertz CT molecular complexity index is 607. The zero-order valence-corrected chi connectivity index (χ0v) is 13.5. The molecule has 0 bridgehead atoms. The van der Waals surface area contributed by atoms with Crippen LogP contribution in [0.4, 0.5) is 4.39 Å². The van der Waals surface area contributed by atoms with Gasteiger partial charge in [0.15, 0.2) is 9.84 Å². The van der Waals surface area contributed by atoms with Gasteiger partial charge in [-0.1, -0.05) is 31.9 Å². The Hall–Kier alpha value is -1.43. The summed E-state index contributed by atoms with van der Waals surface area (Å²) in [6.07, 6.45) is 4.18. The van der Waals surface area contributed by atoms with Crippen LogP contribution in [-0.4, -0.2) is 25.8 Å². The van der Waals surface area contributed by atoms with E-state index in [0.29, 0.717) is 0 Å². The first-order valence-corrected chi connectivity index (χ1v) is 9.48. The minimum absolute atomic E-state index is 0.0505. The van der Waals surface area contributed by atoms with E-state index in [0.717, 1.165) is 31.2 Å². The number of benzene rings is 1. The molecule has 0 heterocycles. The largest absolute Gasteiger partial charge is 0.348 e. The first kappa shape index (κ1) is 16.9. The van der Waals surface area contributed by atoms with Crippen LogP contribution in [0.1, 0.15) is 44.2 Å². The van der Waals surface area contributed by atoms with E-state index >= 15 is 0 Å². The Morgan fingerprint density at radius 3 is 2.41 bits per heavy atom. The standard InChI is InChI=1S/C16H22FNO3S/c1-2-22(20,21)11-15(19)18-16(12-5-3-4-6-12)13-7-9-14(17)10-8-13/h7-10,12,16H,2-6,11H2,1H3,(H,18,19)/t16-/m0/s1. The highest BCUT2D eigenvalue weighted by atomic mass is 32.2.